The van der Waals surface area contributed by atoms with Gasteiger partial charge in [-0.3, -0.25) is 4.79 Å². The molecule has 0 saturated carbocycles. The minimum Gasteiger partial charge on any atom is -0.493 e. The van der Waals surface area contributed by atoms with Gasteiger partial charge in [-0.05, 0) is 48.0 Å². The molecule has 9 heteroatoms. The smallest absolute Gasteiger partial charge is 0.387 e. The van der Waals surface area contributed by atoms with E-state index < -0.39 is 25.0 Å². The standard InChI is InChI=1S/C21H17F2NO6/c1-27-19-12-14(2-8-18(19)28-11-10-24)3-9-20(26)29-13-17(25)15-4-6-16(7-5-15)30-21(22)23/h2-9,12,21H,11,13H2,1H3/b9-3+. The molecule has 0 spiro atoms. The molecule has 156 valence electrons. The molecule has 2 aromatic rings. The van der Waals surface area contributed by atoms with Crippen LogP contribution in [-0.2, 0) is 9.53 Å². The van der Waals surface area contributed by atoms with Crippen molar-refractivity contribution in [2.75, 3.05) is 20.3 Å². The number of esters is 1. The number of Topliss-reactive ketones (excluding diaryl/α,β-unsaturated/α-hetero) is 1. The van der Waals surface area contributed by atoms with Crippen molar-refractivity contribution in [1.82, 2.24) is 0 Å². The van der Waals surface area contributed by atoms with Gasteiger partial charge in [0.2, 0.25) is 0 Å². The lowest BCUT2D eigenvalue weighted by Crippen LogP contribution is -2.12. The molecule has 0 fully saturated rings. The summed E-state index contributed by atoms with van der Waals surface area (Å²) in [5.41, 5.74) is 0.792. The van der Waals surface area contributed by atoms with Crippen LogP contribution in [-0.4, -0.2) is 38.7 Å². The predicted octanol–water partition coefficient (Wildman–Crippen LogP) is 3.64. The van der Waals surface area contributed by atoms with Crippen LogP contribution in [0.25, 0.3) is 6.08 Å². The van der Waals surface area contributed by atoms with E-state index in [1.165, 1.54) is 37.5 Å². The van der Waals surface area contributed by atoms with E-state index in [4.69, 9.17) is 19.5 Å². The van der Waals surface area contributed by atoms with Gasteiger partial charge in [-0.15, -0.1) is 0 Å². The first-order valence-electron chi connectivity index (χ1n) is 8.53. The van der Waals surface area contributed by atoms with Gasteiger partial charge in [0.25, 0.3) is 0 Å². The number of halogens is 2. The molecule has 0 aliphatic carbocycles. The Morgan fingerprint density at radius 2 is 1.87 bits per heavy atom. The summed E-state index contributed by atoms with van der Waals surface area (Å²) in [6.07, 6.45) is 2.59. The Bertz CT molecular complexity index is 951. The largest absolute Gasteiger partial charge is 0.493 e. The SMILES string of the molecule is COc1cc(/C=C/C(=O)OCC(=O)c2ccc(OC(F)F)cc2)ccc1OCC#N. The van der Waals surface area contributed by atoms with Crippen molar-refractivity contribution in [1.29, 1.82) is 5.26 Å². The van der Waals surface area contributed by atoms with Gasteiger partial charge < -0.3 is 18.9 Å². The maximum atomic E-state index is 12.1. The lowest BCUT2D eigenvalue weighted by atomic mass is 10.1. The number of ketones is 1. The van der Waals surface area contributed by atoms with Crippen molar-refractivity contribution in [3.8, 4) is 23.3 Å². The number of carbonyl (C=O) groups is 2. The van der Waals surface area contributed by atoms with Gasteiger partial charge in [0, 0.05) is 11.6 Å². The van der Waals surface area contributed by atoms with E-state index in [-0.39, 0.29) is 17.9 Å². The number of nitrogens with zero attached hydrogens (tertiary/aromatic N) is 1. The molecular formula is C21H17F2NO6. The van der Waals surface area contributed by atoms with Gasteiger partial charge in [-0.1, -0.05) is 6.07 Å². The Kier molecular flexibility index (Phi) is 8.32. The average molecular weight is 417 g/mol. The molecule has 0 atom stereocenters. The summed E-state index contributed by atoms with van der Waals surface area (Å²) in [5, 5.41) is 8.56. The number of alkyl halides is 2. The summed E-state index contributed by atoms with van der Waals surface area (Å²) in [6, 6.07) is 11.7. The quantitative estimate of drug-likeness (QED) is 0.331. The Morgan fingerprint density at radius 1 is 1.13 bits per heavy atom. The maximum absolute atomic E-state index is 12.1. The molecule has 0 heterocycles. The summed E-state index contributed by atoms with van der Waals surface area (Å²) in [7, 11) is 1.44. The highest BCUT2D eigenvalue weighted by atomic mass is 19.3. The van der Waals surface area contributed by atoms with Gasteiger partial charge in [0.15, 0.2) is 30.5 Å². The van der Waals surface area contributed by atoms with Crippen LogP contribution >= 0.6 is 0 Å². The highest BCUT2D eigenvalue weighted by Crippen LogP contribution is 2.28. The van der Waals surface area contributed by atoms with E-state index in [1.807, 2.05) is 6.07 Å². The van der Waals surface area contributed by atoms with Crippen molar-refractivity contribution in [2.45, 2.75) is 6.61 Å². The minimum atomic E-state index is -2.96. The number of benzene rings is 2. The highest BCUT2D eigenvalue weighted by Gasteiger charge is 2.10. The summed E-state index contributed by atoms with van der Waals surface area (Å²) < 4.78 is 43.7. The number of methoxy groups -OCH3 is 1. The summed E-state index contributed by atoms with van der Waals surface area (Å²) in [6.45, 7) is -3.60. The molecule has 0 unspecified atom stereocenters. The minimum absolute atomic E-state index is 0.0825. The summed E-state index contributed by atoms with van der Waals surface area (Å²) in [5.74, 6) is -0.559. The van der Waals surface area contributed by atoms with Gasteiger partial charge in [0.1, 0.15) is 11.8 Å². The van der Waals surface area contributed by atoms with Crippen LogP contribution in [0, 0.1) is 11.3 Å². The van der Waals surface area contributed by atoms with Gasteiger partial charge in [0.05, 0.1) is 7.11 Å². The van der Waals surface area contributed by atoms with Crippen LogP contribution in [0.15, 0.2) is 48.5 Å². The second kappa shape index (κ2) is 11.2. The number of hydrogen-bond acceptors (Lipinski definition) is 7. The van der Waals surface area contributed by atoms with Crippen molar-refractivity contribution >= 4 is 17.8 Å². The lowest BCUT2D eigenvalue weighted by Gasteiger charge is -2.08. The van der Waals surface area contributed by atoms with Gasteiger partial charge in [-0.2, -0.15) is 14.0 Å². The number of carbonyl (C=O) groups excluding carboxylic acids is 2. The molecule has 0 aliphatic heterocycles. The number of hydrogen-bond donors (Lipinski definition) is 0. The Balaban J connectivity index is 1.90. The fourth-order valence-corrected chi connectivity index (χ4v) is 2.27. The Morgan fingerprint density at radius 3 is 2.50 bits per heavy atom. The molecule has 0 amide bonds. The maximum Gasteiger partial charge on any atom is 0.387 e. The molecule has 2 aromatic carbocycles. The van der Waals surface area contributed by atoms with Crippen LogP contribution < -0.4 is 14.2 Å². The molecule has 0 saturated heterocycles. The first-order chi connectivity index (χ1) is 14.4. The molecule has 0 radical (unpaired) electrons. The normalized spacial score (nSPS) is 10.5. The molecule has 30 heavy (non-hydrogen) atoms. The zero-order chi connectivity index (χ0) is 21.9. The second-order valence-corrected chi connectivity index (χ2v) is 5.62. The fraction of sp³-hybridized carbons (Fsp3) is 0.190. The fourth-order valence-electron chi connectivity index (χ4n) is 2.27. The third-order valence-electron chi connectivity index (χ3n) is 3.64. The van der Waals surface area contributed by atoms with Crippen LogP contribution in [0.4, 0.5) is 8.78 Å². The Labute approximate surface area is 171 Å². The topological polar surface area (TPSA) is 94.8 Å². The average Bonchev–Trinajstić information content (AvgIpc) is 2.74. The van der Waals surface area contributed by atoms with E-state index in [9.17, 15) is 18.4 Å². The lowest BCUT2D eigenvalue weighted by molar-refractivity contribution is -0.136. The Hall–Kier alpha value is -3.93. The van der Waals surface area contributed by atoms with Crippen molar-refractivity contribution in [3.63, 3.8) is 0 Å². The second-order valence-electron chi connectivity index (χ2n) is 5.62. The van der Waals surface area contributed by atoms with E-state index in [2.05, 4.69) is 4.74 Å². The molecule has 0 N–H and O–H groups in total. The van der Waals surface area contributed by atoms with Crippen LogP contribution in [0.2, 0.25) is 0 Å². The van der Waals surface area contributed by atoms with Gasteiger partial charge in [-0.25, -0.2) is 4.79 Å². The summed E-state index contributed by atoms with van der Waals surface area (Å²) >= 11 is 0. The zero-order valence-electron chi connectivity index (χ0n) is 15.8. The monoisotopic (exact) mass is 417 g/mol. The van der Waals surface area contributed by atoms with E-state index in [0.717, 1.165) is 6.08 Å². The summed E-state index contributed by atoms with van der Waals surface area (Å²) in [4.78, 5) is 23.9. The first kappa shape index (κ1) is 22.4. The number of rotatable bonds is 10. The number of ether oxygens (including phenoxy) is 4. The molecule has 7 nitrogen and oxygen atoms in total. The molecule has 0 aromatic heterocycles. The molecular weight excluding hydrogens is 400 g/mol. The molecule has 2 rings (SSSR count). The zero-order valence-corrected chi connectivity index (χ0v) is 15.8. The third kappa shape index (κ3) is 6.91. The predicted molar refractivity (Wildman–Crippen MR) is 101 cm³/mol. The van der Waals surface area contributed by atoms with Crippen molar-refractivity contribution < 1.29 is 37.3 Å². The van der Waals surface area contributed by atoms with Crippen LogP contribution in [0.3, 0.4) is 0 Å². The van der Waals surface area contributed by atoms with Crippen LogP contribution in [0.1, 0.15) is 15.9 Å². The molecule has 0 bridgehead atoms. The van der Waals surface area contributed by atoms with E-state index in [0.29, 0.717) is 17.1 Å². The van der Waals surface area contributed by atoms with Crippen LogP contribution in [0.5, 0.6) is 17.2 Å². The van der Waals surface area contributed by atoms with Crippen molar-refractivity contribution in [3.05, 3.63) is 59.7 Å². The highest BCUT2D eigenvalue weighted by molar-refractivity contribution is 5.99. The third-order valence-corrected chi connectivity index (χ3v) is 3.64. The number of nitriles is 1. The molecule has 0 aliphatic rings. The van der Waals surface area contributed by atoms with Gasteiger partial charge >= 0.3 is 12.6 Å². The van der Waals surface area contributed by atoms with E-state index in [1.54, 1.807) is 18.2 Å². The van der Waals surface area contributed by atoms with E-state index >= 15 is 0 Å². The van der Waals surface area contributed by atoms with Crippen molar-refractivity contribution in [2.24, 2.45) is 0 Å². The first-order valence-corrected chi connectivity index (χ1v) is 8.53.